The molecule has 1 unspecified atom stereocenters. The molecule has 6 heteroatoms. The number of rotatable bonds is 5. The molecular weight excluding hydrogens is 329 g/mol. The first-order chi connectivity index (χ1) is 11.6. The molecule has 2 aromatic carbocycles. The predicted octanol–water partition coefficient (Wildman–Crippen LogP) is 3.86. The average Bonchev–Trinajstić information content (AvgIpc) is 2.59. The number of amides is 1. The summed E-state index contributed by atoms with van der Waals surface area (Å²) in [5.41, 5.74) is 1.53. The van der Waals surface area contributed by atoms with Crippen molar-refractivity contribution in [2.24, 2.45) is 0 Å². The van der Waals surface area contributed by atoms with Crippen LogP contribution in [0.1, 0.15) is 12.5 Å². The number of carbonyl (C=O) groups is 1. The monoisotopic (exact) mass is 347 g/mol. The zero-order valence-electron chi connectivity index (χ0n) is 13.3. The second-order valence-electron chi connectivity index (χ2n) is 5.43. The number of hydrogen-bond donors (Lipinski definition) is 1. The lowest BCUT2D eigenvalue weighted by atomic mass is 10.2. The minimum Gasteiger partial charge on any atom is -0.486 e. The van der Waals surface area contributed by atoms with E-state index in [1.54, 1.807) is 24.3 Å². The molecule has 4 nitrogen and oxygen atoms in total. The Kier molecular flexibility index (Phi) is 5.25. The maximum absolute atomic E-state index is 13.2. The highest BCUT2D eigenvalue weighted by Crippen LogP contribution is 2.32. The van der Waals surface area contributed by atoms with E-state index < -0.39 is 0 Å². The van der Waals surface area contributed by atoms with Gasteiger partial charge in [-0.3, -0.25) is 4.79 Å². The van der Waals surface area contributed by atoms with Crippen molar-refractivity contribution in [3.05, 3.63) is 53.8 Å². The van der Waals surface area contributed by atoms with E-state index in [4.69, 9.17) is 9.47 Å². The fourth-order valence-electron chi connectivity index (χ4n) is 2.29. The number of hydrogen-bond acceptors (Lipinski definition) is 4. The Balaban J connectivity index is 1.56. The second kappa shape index (κ2) is 7.57. The van der Waals surface area contributed by atoms with Gasteiger partial charge in [-0.05, 0) is 36.8 Å². The van der Waals surface area contributed by atoms with Gasteiger partial charge in [-0.2, -0.15) is 0 Å². The summed E-state index contributed by atoms with van der Waals surface area (Å²) in [7, 11) is 0. The van der Waals surface area contributed by atoms with Gasteiger partial charge in [0.1, 0.15) is 19.0 Å². The first-order valence-corrected chi connectivity index (χ1v) is 8.73. The molecule has 1 heterocycles. The van der Waals surface area contributed by atoms with Gasteiger partial charge in [0.05, 0.1) is 5.25 Å². The number of benzene rings is 2. The van der Waals surface area contributed by atoms with Crippen molar-refractivity contribution in [2.75, 3.05) is 18.5 Å². The number of anilines is 1. The van der Waals surface area contributed by atoms with Crippen LogP contribution in [-0.2, 0) is 10.5 Å². The molecule has 3 rings (SSSR count). The highest BCUT2D eigenvalue weighted by molar-refractivity contribution is 7.99. The van der Waals surface area contributed by atoms with Gasteiger partial charge in [0.15, 0.2) is 11.5 Å². The summed E-state index contributed by atoms with van der Waals surface area (Å²) in [5.74, 6) is 1.54. The van der Waals surface area contributed by atoms with Gasteiger partial charge in [0.25, 0.3) is 0 Å². The zero-order valence-corrected chi connectivity index (χ0v) is 14.1. The van der Waals surface area contributed by atoms with Crippen LogP contribution < -0.4 is 14.8 Å². The smallest absolute Gasteiger partial charge is 0.237 e. The lowest BCUT2D eigenvalue weighted by molar-refractivity contribution is -0.115. The molecule has 1 atom stereocenters. The van der Waals surface area contributed by atoms with Crippen LogP contribution in [-0.4, -0.2) is 24.4 Å². The van der Waals surface area contributed by atoms with Gasteiger partial charge >= 0.3 is 0 Å². The highest BCUT2D eigenvalue weighted by atomic mass is 32.2. The van der Waals surface area contributed by atoms with Crippen LogP contribution in [0.25, 0.3) is 0 Å². The van der Waals surface area contributed by atoms with Crippen LogP contribution in [0.2, 0.25) is 0 Å². The molecule has 2 aromatic rings. The van der Waals surface area contributed by atoms with Crippen LogP contribution in [0, 0.1) is 5.82 Å². The Morgan fingerprint density at radius 3 is 2.79 bits per heavy atom. The summed E-state index contributed by atoms with van der Waals surface area (Å²) in [4.78, 5) is 12.3. The molecule has 1 aliphatic rings. The average molecular weight is 347 g/mol. The standard InChI is InChI=1S/C18H18FNO3S/c1-12(24-11-13-3-2-4-14(19)9-13)18(21)20-15-5-6-16-17(10-15)23-8-7-22-16/h2-6,9-10,12H,7-8,11H2,1H3,(H,20,21). The van der Waals surface area contributed by atoms with Gasteiger partial charge in [0, 0.05) is 17.5 Å². The Morgan fingerprint density at radius 1 is 1.21 bits per heavy atom. The molecule has 1 aliphatic heterocycles. The van der Waals surface area contributed by atoms with E-state index in [-0.39, 0.29) is 17.0 Å². The molecule has 0 aromatic heterocycles. The maximum atomic E-state index is 13.2. The van der Waals surface area contributed by atoms with E-state index >= 15 is 0 Å². The molecule has 0 spiro atoms. The third-order valence-electron chi connectivity index (χ3n) is 3.57. The SMILES string of the molecule is CC(SCc1cccc(F)c1)C(=O)Nc1ccc2c(c1)OCCO2. The Labute approximate surface area is 144 Å². The molecule has 0 bridgehead atoms. The van der Waals surface area contributed by atoms with Crippen molar-refractivity contribution in [2.45, 2.75) is 17.9 Å². The summed E-state index contributed by atoms with van der Waals surface area (Å²) in [5, 5.41) is 2.61. The summed E-state index contributed by atoms with van der Waals surface area (Å²) >= 11 is 1.46. The van der Waals surface area contributed by atoms with Crippen LogP contribution >= 0.6 is 11.8 Å². The quantitative estimate of drug-likeness (QED) is 0.892. The topological polar surface area (TPSA) is 47.6 Å². The summed E-state index contributed by atoms with van der Waals surface area (Å²) in [6.07, 6.45) is 0. The minimum atomic E-state index is -0.263. The van der Waals surface area contributed by atoms with E-state index in [9.17, 15) is 9.18 Å². The molecule has 0 aliphatic carbocycles. The Hall–Kier alpha value is -2.21. The molecule has 0 fully saturated rings. The van der Waals surface area contributed by atoms with Crippen molar-refractivity contribution in [3.63, 3.8) is 0 Å². The van der Waals surface area contributed by atoms with Gasteiger partial charge in [-0.25, -0.2) is 4.39 Å². The maximum Gasteiger partial charge on any atom is 0.237 e. The van der Waals surface area contributed by atoms with E-state index in [0.29, 0.717) is 36.2 Å². The Bertz CT molecular complexity index is 738. The first-order valence-electron chi connectivity index (χ1n) is 7.68. The van der Waals surface area contributed by atoms with Crippen LogP contribution in [0.4, 0.5) is 10.1 Å². The number of nitrogens with one attached hydrogen (secondary N) is 1. The summed E-state index contributed by atoms with van der Waals surface area (Å²) in [6, 6.07) is 11.7. The van der Waals surface area contributed by atoms with Gasteiger partial charge < -0.3 is 14.8 Å². The van der Waals surface area contributed by atoms with Gasteiger partial charge in [-0.15, -0.1) is 11.8 Å². The molecule has 1 N–H and O–H groups in total. The summed E-state index contributed by atoms with van der Waals surface area (Å²) in [6.45, 7) is 2.87. The van der Waals surface area contributed by atoms with Crippen molar-refractivity contribution in [3.8, 4) is 11.5 Å². The van der Waals surface area contributed by atoms with Crippen molar-refractivity contribution in [1.82, 2.24) is 0 Å². The number of fused-ring (bicyclic) bond motifs is 1. The first kappa shape index (κ1) is 16.6. The number of halogens is 1. The van der Waals surface area contributed by atoms with Crippen molar-refractivity contribution >= 4 is 23.4 Å². The van der Waals surface area contributed by atoms with Crippen molar-refractivity contribution < 1.29 is 18.7 Å². The van der Waals surface area contributed by atoms with E-state index in [1.807, 2.05) is 13.0 Å². The lowest BCUT2D eigenvalue weighted by Gasteiger charge is -2.19. The zero-order chi connectivity index (χ0) is 16.9. The van der Waals surface area contributed by atoms with Gasteiger partial charge in [-0.1, -0.05) is 12.1 Å². The second-order valence-corrected chi connectivity index (χ2v) is 6.76. The largest absolute Gasteiger partial charge is 0.486 e. The molecule has 24 heavy (non-hydrogen) atoms. The third kappa shape index (κ3) is 4.20. The predicted molar refractivity (Wildman–Crippen MR) is 93.2 cm³/mol. The van der Waals surface area contributed by atoms with Crippen LogP contribution in [0.3, 0.4) is 0 Å². The number of thioether (sulfide) groups is 1. The van der Waals surface area contributed by atoms with Gasteiger partial charge in [0.2, 0.25) is 5.91 Å². The van der Waals surface area contributed by atoms with Crippen molar-refractivity contribution in [1.29, 1.82) is 0 Å². The van der Waals surface area contributed by atoms with E-state index in [1.165, 1.54) is 23.9 Å². The van der Waals surface area contributed by atoms with E-state index in [0.717, 1.165) is 5.56 Å². The van der Waals surface area contributed by atoms with Crippen LogP contribution in [0.15, 0.2) is 42.5 Å². The minimum absolute atomic E-state index is 0.104. The summed E-state index contributed by atoms with van der Waals surface area (Å²) < 4.78 is 24.1. The Morgan fingerprint density at radius 2 is 2.00 bits per heavy atom. The fourth-order valence-corrected chi connectivity index (χ4v) is 3.12. The number of ether oxygens (including phenoxy) is 2. The molecule has 0 saturated heterocycles. The van der Waals surface area contributed by atoms with Crippen LogP contribution in [0.5, 0.6) is 11.5 Å². The fraction of sp³-hybridized carbons (Fsp3) is 0.278. The molecule has 0 radical (unpaired) electrons. The highest BCUT2D eigenvalue weighted by Gasteiger charge is 2.16. The number of carbonyl (C=O) groups excluding carboxylic acids is 1. The van der Waals surface area contributed by atoms with E-state index in [2.05, 4.69) is 5.32 Å². The third-order valence-corrected chi connectivity index (χ3v) is 4.78. The molecule has 0 saturated carbocycles. The lowest BCUT2D eigenvalue weighted by Crippen LogP contribution is -2.23. The molecule has 126 valence electrons. The molecular formula is C18H18FNO3S. The normalized spacial score (nSPS) is 14.1. The molecule has 1 amide bonds.